The molecule has 0 heterocycles. The maximum atomic E-state index is 6.32. The second kappa shape index (κ2) is 6.51. The number of hydrogen-bond donors (Lipinski definition) is 1. The molecule has 1 fully saturated rings. The summed E-state index contributed by atoms with van der Waals surface area (Å²) in [6, 6.07) is 6.88. The van der Waals surface area contributed by atoms with Crippen molar-refractivity contribution in [1.29, 1.82) is 0 Å². The minimum absolute atomic E-state index is 0.611. The van der Waals surface area contributed by atoms with E-state index in [2.05, 4.69) is 24.4 Å². The molecule has 2 atom stereocenters. The molecule has 0 spiro atoms. The number of anilines is 2. The summed E-state index contributed by atoms with van der Waals surface area (Å²) >= 11 is 6.32. The van der Waals surface area contributed by atoms with Crippen LogP contribution in [0.2, 0.25) is 5.02 Å². The molecule has 0 aliphatic heterocycles. The molecular formula is C16H25ClN2. The van der Waals surface area contributed by atoms with Crippen molar-refractivity contribution in [3.63, 3.8) is 0 Å². The van der Waals surface area contributed by atoms with E-state index in [9.17, 15) is 0 Å². The number of rotatable bonds is 4. The lowest BCUT2D eigenvalue weighted by molar-refractivity contribution is 0.327. The zero-order valence-corrected chi connectivity index (χ0v) is 13.0. The minimum atomic E-state index is 0.611. The maximum absolute atomic E-state index is 6.32. The Balaban J connectivity index is 2.01. The summed E-state index contributed by atoms with van der Waals surface area (Å²) in [7, 11) is 4.03. The first-order valence-electron chi connectivity index (χ1n) is 7.33. The van der Waals surface area contributed by atoms with Gasteiger partial charge in [-0.25, -0.2) is 0 Å². The largest absolute Gasteiger partial charge is 0.382 e. The topological polar surface area (TPSA) is 15.3 Å². The molecule has 1 saturated carbocycles. The molecule has 19 heavy (non-hydrogen) atoms. The highest BCUT2D eigenvalue weighted by Crippen LogP contribution is 2.31. The first-order valence-corrected chi connectivity index (χ1v) is 7.71. The van der Waals surface area contributed by atoms with Crippen LogP contribution in [0.4, 0.5) is 11.4 Å². The van der Waals surface area contributed by atoms with E-state index < -0.39 is 0 Å². The van der Waals surface area contributed by atoms with Gasteiger partial charge >= 0.3 is 0 Å². The number of halogens is 1. The summed E-state index contributed by atoms with van der Waals surface area (Å²) in [6.07, 6.45) is 6.63. The second-order valence-corrected chi connectivity index (χ2v) is 6.25. The van der Waals surface area contributed by atoms with Gasteiger partial charge in [-0.1, -0.05) is 37.8 Å². The van der Waals surface area contributed by atoms with Gasteiger partial charge in [-0.15, -0.1) is 0 Å². The Bertz CT molecular complexity index is 417. The Morgan fingerprint density at radius 2 is 2.11 bits per heavy atom. The zero-order valence-electron chi connectivity index (χ0n) is 12.2. The lowest BCUT2D eigenvalue weighted by Gasteiger charge is -2.30. The molecule has 1 aromatic carbocycles. The van der Waals surface area contributed by atoms with E-state index >= 15 is 0 Å². The van der Waals surface area contributed by atoms with Crippen LogP contribution >= 0.6 is 11.6 Å². The quantitative estimate of drug-likeness (QED) is 0.853. The molecule has 0 aromatic heterocycles. The number of nitrogens with one attached hydrogen (secondary N) is 1. The van der Waals surface area contributed by atoms with E-state index in [-0.39, 0.29) is 0 Å². The Kier molecular flexibility index (Phi) is 4.98. The Hall–Kier alpha value is -0.890. The molecule has 106 valence electrons. The van der Waals surface area contributed by atoms with Crippen molar-refractivity contribution in [2.75, 3.05) is 24.3 Å². The van der Waals surface area contributed by atoms with Crippen molar-refractivity contribution in [2.45, 2.75) is 45.1 Å². The van der Waals surface area contributed by atoms with Crippen LogP contribution in [-0.2, 0) is 0 Å². The summed E-state index contributed by atoms with van der Waals surface area (Å²) in [5.74, 6) is 0.891. The number of benzene rings is 1. The van der Waals surface area contributed by atoms with Crippen LogP contribution < -0.4 is 10.2 Å². The van der Waals surface area contributed by atoms with Gasteiger partial charge in [-0.2, -0.15) is 0 Å². The molecule has 1 N–H and O–H groups in total. The van der Waals surface area contributed by atoms with Crippen LogP contribution in [0.3, 0.4) is 0 Å². The highest BCUT2D eigenvalue weighted by atomic mass is 35.5. The van der Waals surface area contributed by atoms with E-state index in [1.165, 1.54) is 32.1 Å². The molecule has 1 aromatic rings. The van der Waals surface area contributed by atoms with Crippen molar-refractivity contribution in [3.8, 4) is 0 Å². The summed E-state index contributed by atoms with van der Waals surface area (Å²) in [5.41, 5.74) is 2.22. The van der Waals surface area contributed by atoms with Crippen LogP contribution in [0.15, 0.2) is 18.2 Å². The van der Waals surface area contributed by atoms with Crippen LogP contribution in [-0.4, -0.2) is 20.1 Å². The van der Waals surface area contributed by atoms with Gasteiger partial charge in [0.1, 0.15) is 0 Å². The fraction of sp³-hybridized carbons (Fsp3) is 0.625. The maximum Gasteiger partial charge on any atom is 0.0659 e. The Morgan fingerprint density at radius 1 is 1.32 bits per heavy atom. The van der Waals surface area contributed by atoms with E-state index in [1.807, 2.05) is 25.1 Å². The second-order valence-electron chi connectivity index (χ2n) is 5.84. The SMILES string of the molecule is CCC1CCCC(Nc2ccc(N(C)C)c(Cl)c2)C1. The molecular weight excluding hydrogens is 256 g/mol. The summed E-state index contributed by atoms with van der Waals surface area (Å²) in [5, 5.41) is 4.47. The summed E-state index contributed by atoms with van der Waals surface area (Å²) in [6.45, 7) is 2.30. The van der Waals surface area contributed by atoms with Crippen molar-refractivity contribution in [2.24, 2.45) is 5.92 Å². The zero-order chi connectivity index (χ0) is 13.8. The molecule has 0 bridgehead atoms. The van der Waals surface area contributed by atoms with Gasteiger partial charge in [0, 0.05) is 25.8 Å². The molecule has 0 amide bonds. The molecule has 1 aliphatic rings. The lowest BCUT2D eigenvalue weighted by Crippen LogP contribution is -2.27. The van der Waals surface area contributed by atoms with E-state index in [0.29, 0.717) is 6.04 Å². The third-order valence-corrected chi connectivity index (χ3v) is 4.46. The Labute approximate surface area is 122 Å². The van der Waals surface area contributed by atoms with E-state index in [1.54, 1.807) is 0 Å². The summed E-state index contributed by atoms with van der Waals surface area (Å²) < 4.78 is 0. The fourth-order valence-electron chi connectivity index (χ4n) is 2.99. The number of nitrogens with zero attached hydrogens (tertiary/aromatic N) is 1. The summed E-state index contributed by atoms with van der Waals surface area (Å²) in [4.78, 5) is 2.04. The van der Waals surface area contributed by atoms with Crippen LogP contribution in [0, 0.1) is 5.92 Å². The molecule has 2 unspecified atom stereocenters. The normalized spacial score (nSPS) is 23.2. The molecule has 1 aliphatic carbocycles. The van der Waals surface area contributed by atoms with Crippen LogP contribution in [0.1, 0.15) is 39.0 Å². The van der Waals surface area contributed by atoms with Gasteiger partial charge in [-0.05, 0) is 37.0 Å². The third kappa shape index (κ3) is 3.79. The predicted molar refractivity (Wildman–Crippen MR) is 85.4 cm³/mol. The third-order valence-electron chi connectivity index (χ3n) is 4.16. The fourth-order valence-corrected chi connectivity index (χ4v) is 3.34. The Morgan fingerprint density at radius 3 is 2.74 bits per heavy atom. The predicted octanol–water partition coefficient (Wildman–Crippen LogP) is 4.79. The highest BCUT2D eigenvalue weighted by molar-refractivity contribution is 6.33. The van der Waals surface area contributed by atoms with Gasteiger partial charge in [0.05, 0.1) is 10.7 Å². The van der Waals surface area contributed by atoms with E-state index in [4.69, 9.17) is 11.6 Å². The first kappa shape index (κ1) is 14.5. The molecule has 0 saturated heterocycles. The smallest absolute Gasteiger partial charge is 0.0659 e. The van der Waals surface area contributed by atoms with Crippen LogP contribution in [0.5, 0.6) is 0 Å². The minimum Gasteiger partial charge on any atom is -0.382 e. The van der Waals surface area contributed by atoms with Gasteiger partial charge in [0.25, 0.3) is 0 Å². The first-order chi connectivity index (χ1) is 9.10. The van der Waals surface area contributed by atoms with Crippen molar-refractivity contribution >= 4 is 23.0 Å². The highest BCUT2D eigenvalue weighted by Gasteiger charge is 2.20. The van der Waals surface area contributed by atoms with Crippen molar-refractivity contribution in [1.82, 2.24) is 0 Å². The van der Waals surface area contributed by atoms with Crippen LogP contribution in [0.25, 0.3) is 0 Å². The standard InChI is InChI=1S/C16H25ClN2/c1-4-12-6-5-7-13(10-12)18-14-8-9-16(19(2)3)15(17)11-14/h8-9,11-13,18H,4-7,10H2,1-3H3. The monoisotopic (exact) mass is 280 g/mol. The van der Waals surface area contributed by atoms with Gasteiger partial charge in [0.15, 0.2) is 0 Å². The molecule has 2 rings (SSSR count). The van der Waals surface area contributed by atoms with Gasteiger partial charge < -0.3 is 10.2 Å². The average molecular weight is 281 g/mol. The van der Waals surface area contributed by atoms with Crippen molar-refractivity contribution < 1.29 is 0 Å². The van der Waals surface area contributed by atoms with Gasteiger partial charge in [-0.3, -0.25) is 0 Å². The number of hydrogen-bond acceptors (Lipinski definition) is 2. The molecule has 3 heteroatoms. The van der Waals surface area contributed by atoms with Crippen molar-refractivity contribution in [3.05, 3.63) is 23.2 Å². The lowest BCUT2D eigenvalue weighted by atomic mass is 9.84. The molecule has 0 radical (unpaired) electrons. The average Bonchev–Trinajstić information content (AvgIpc) is 2.38. The van der Waals surface area contributed by atoms with Gasteiger partial charge in [0.2, 0.25) is 0 Å². The molecule has 2 nitrogen and oxygen atoms in total. The van der Waals surface area contributed by atoms with E-state index in [0.717, 1.165) is 22.3 Å².